The summed E-state index contributed by atoms with van der Waals surface area (Å²) in [6.45, 7) is 9.61. The van der Waals surface area contributed by atoms with Gasteiger partial charge in [-0.15, -0.1) is 0 Å². The molecule has 2 aromatic heterocycles. The zero-order chi connectivity index (χ0) is 13.1. The molecule has 0 aromatic carbocycles. The molecule has 2 heterocycles. The van der Waals surface area contributed by atoms with Gasteiger partial charge in [-0.1, -0.05) is 13.8 Å². The van der Waals surface area contributed by atoms with Crippen LogP contribution in [0.2, 0.25) is 0 Å². The Hall–Kier alpha value is -1.29. The molecule has 2 rings (SSSR count). The Labute approximate surface area is 113 Å². The Morgan fingerprint density at radius 2 is 2.17 bits per heavy atom. The van der Waals surface area contributed by atoms with Gasteiger partial charge in [-0.3, -0.25) is 0 Å². The smallest absolute Gasteiger partial charge is 0.203 e. The monoisotopic (exact) mass is 263 g/mol. The maximum atomic E-state index is 4.57. The van der Waals surface area contributed by atoms with Crippen molar-refractivity contribution in [2.75, 3.05) is 11.9 Å². The highest BCUT2D eigenvalue weighted by Gasteiger charge is 2.14. The molecule has 0 saturated carbocycles. The second-order valence-corrected chi connectivity index (χ2v) is 5.90. The molecule has 1 atom stereocenters. The number of nitrogens with zero attached hydrogens (tertiary/aromatic N) is 2. The van der Waals surface area contributed by atoms with Crippen LogP contribution in [0.15, 0.2) is 23.0 Å². The maximum absolute atomic E-state index is 4.57. The summed E-state index contributed by atoms with van der Waals surface area (Å²) in [5, 5.41) is 7.75. The van der Waals surface area contributed by atoms with E-state index >= 15 is 0 Å². The first-order valence-corrected chi connectivity index (χ1v) is 7.33. The van der Waals surface area contributed by atoms with Crippen molar-refractivity contribution in [1.29, 1.82) is 0 Å². The third-order valence-corrected chi connectivity index (χ3v) is 3.67. The molecule has 3 nitrogen and oxygen atoms in total. The van der Waals surface area contributed by atoms with Crippen LogP contribution in [0, 0.1) is 12.8 Å². The highest BCUT2D eigenvalue weighted by atomic mass is 32.1. The van der Waals surface area contributed by atoms with Crippen molar-refractivity contribution in [1.82, 2.24) is 9.55 Å². The number of rotatable bonds is 5. The lowest BCUT2D eigenvalue weighted by molar-refractivity contribution is 0.630. The van der Waals surface area contributed by atoms with Gasteiger partial charge in [-0.2, -0.15) is 11.3 Å². The van der Waals surface area contributed by atoms with Crippen molar-refractivity contribution in [3.63, 3.8) is 0 Å². The van der Waals surface area contributed by atoms with Gasteiger partial charge in [-0.05, 0) is 42.2 Å². The lowest BCUT2D eigenvalue weighted by Gasteiger charge is -2.16. The number of nitrogens with one attached hydrogen (secondary N) is 1. The molecule has 4 heteroatoms. The molecule has 0 bridgehead atoms. The summed E-state index contributed by atoms with van der Waals surface area (Å²) in [6, 6.07) is 2.50. The molecule has 0 fully saturated rings. The molecule has 2 aromatic rings. The standard InChI is InChI=1S/C14H21N3S/c1-10(2)7-15-14-16-11(3)8-17(14)12(4)13-5-6-18-9-13/h5-6,8-10,12H,7H2,1-4H3,(H,15,16). The van der Waals surface area contributed by atoms with Gasteiger partial charge >= 0.3 is 0 Å². The van der Waals surface area contributed by atoms with Gasteiger partial charge in [-0.25, -0.2) is 4.98 Å². The van der Waals surface area contributed by atoms with Gasteiger partial charge in [0.05, 0.1) is 11.7 Å². The molecule has 1 N–H and O–H groups in total. The number of anilines is 1. The molecule has 0 aliphatic rings. The minimum absolute atomic E-state index is 0.326. The average Bonchev–Trinajstić information content (AvgIpc) is 2.94. The summed E-state index contributed by atoms with van der Waals surface area (Å²) in [6.07, 6.45) is 2.12. The lowest BCUT2D eigenvalue weighted by Crippen LogP contribution is -2.15. The average molecular weight is 263 g/mol. The normalized spacial score (nSPS) is 12.9. The topological polar surface area (TPSA) is 29.9 Å². The van der Waals surface area contributed by atoms with E-state index in [0.29, 0.717) is 12.0 Å². The van der Waals surface area contributed by atoms with E-state index in [1.165, 1.54) is 5.56 Å². The Kier molecular flexibility index (Phi) is 4.07. The summed E-state index contributed by atoms with van der Waals surface area (Å²) in [5.74, 6) is 1.59. The van der Waals surface area contributed by atoms with Crippen LogP contribution in [0.4, 0.5) is 5.95 Å². The third-order valence-electron chi connectivity index (χ3n) is 2.96. The molecule has 0 radical (unpaired) electrons. The van der Waals surface area contributed by atoms with Crippen LogP contribution in [-0.2, 0) is 0 Å². The first kappa shape index (κ1) is 13.1. The van der Waals surface area contributed by atoms with E-state index in [1.54, 1.807) is 11.3 Å². The fourth-order valence-electron chi connectivity index (χ4n) is 1.91. The summed E-state index contributed by atoms with van der Waals surface area (Å²) >= 11 is 1.74. The van der Waals surface area contributed by atoms with Crippen molar-refractivity contribution in [2.24, 2.45) is 5.92 Å². The summed E-state index contributed by atoms with van der Waals surface area (Å²) in [7, 11) is 0. The number of hydrogen-bond donors (Lipinski definition) is 1. The van der Waals surface area contributed by atoms with Crippen LogP contribution in [0.1, 0.15) is 38.1 Å². The van der Waals surface area contributed by atoms with Crippen molar-refractivity contribution in [3.8, 4) is 0 Å². The van der Waals surface area contributed by atoms with E-state index in [0.717, 1.165) is 18.2 Å². The molecule has 0 saturated heterocycles. The quantitative estimate of drug-likeness (QED) is 0.885. The minimum atomic E-state index is 0.326. The lowest BCUT2D eigenvalue weighted by atomic mass is 10.2. The Bertz CT molecular complexity index is 485. The summed E-state index contributed by atoms with van der Waals surface area (Å²) < 4.78 is 2.22. The highest BCUT2D eigenvalue weighted by molar-refractivity contribution is 7.07. The fourth-order valence-corrected chi connectivity index (χ4v) is 2.66. The highest BCUT2D eigenvalue weighted by Crippen LogP contribution is 2.24. The molecule has 0 aliphatic carbocycles. The zero-order valence-corrected chi connectivity index (χ0v) is 12.3. The minimum Gasteiger partial charge on any atom is -0.355 e. The number of imidazole rings is 1. The second-order valence-electron chi connectivity index (χ2n) is 5.12. The fraction of sp³-hybridized carbons (Fsp3) is 0.500. The van der Waals surface area contributed by atoms with Gasteiger partial charge in [0.25, 0.3) is 0 Å². The van der Waals surface area contributed by atoms with Gasteiger partial charge in [0, 0.05) is 12.7 Å². The predicted molar refractivity (Wildman–Crippen MR) is 78.4 cm³/mol. The number of thiophene rings is 1. The number of aryl methyl sites for hydroxylation is 1. The van der Waals surface area contributed by atoms with E-state index in [2.05, 4.69) is 58.7 Å². The third kappa shape index (κ3) is 2.93. The Balaban J connectivity index is 2.21. The van der Waals surface area contributed by atoms with Gasteiger partial charge in [0.15, 0.2) is 0 Å². The molecular weight excluding hydrogens is 242 g/mol. The van der Waals surface area contributed by atoms with Crippen molar-refractivity contribution < 1.29 is 0 Å². The Morgan fingerprint density at radius 1 is 1.39 bits per heavy atom. The van der Waals surface area contributed by atoms with E-state index in [9.17, 15) is 0 Å². The molecule has 0 aliphatic heterocycles. The van der Waals surface area contributed by atoms with Gasteiger partial charge < -0.3 is 9.88 Å². The van der Waals surface area contributed by atoms with Crippen molar-refractivity contribution in [3.05, 3.63) is 34.3 Å². The van der Waals surface area contributed by atoms with Crippen molar-refractivity contribution >= 4 is 17.3 Å². The van der Waals surface area contributed by atoms with Crippen LogP contribution in [0.3, 0.4) is 0 Å². The van der Waals surface area contributed by atoms with Crippen LogP contribution in [0.25, 0.3) is 0 Å². The van der Waals surface area contributed by atoms with E-state index in [4.69, 9.17) is 0 Å². The molecule has 98 valence electrons. The molecule has 1 unspecified atom stereocenters. The van der Waals surface area contributed by atoms with Crippen LogP contribution >= 0.6 is 11.3 Å². The zero-order valence-electron chi connectivity index (χ0n) is 11.5. The number of hydrogen-bond acceptors (Lipinski definition) is 3. The molecular formula is C14H21N3S. The van der Waals surface area contributed by atoms with E-state index in [-0.39, 0.29) is 0 Å². The van der Waals surface area contributed by atoms with Gasteiger partial charge in [0.1, 0.15) is 0 Å². The molecule has 0 amide bonds. The van der Waals surface area contributed by atoms with Crippen molar-refractivity contribution in [2.45, 2.75) is 33.7 Å². The van der Waals surface area contributed by atoms with Crippen LogP contribution in [-0.4, -0.2) is 16.1 Å². The second kappa shape index (κ2) is 5.57. The summed E-state index contributed by atoms with van der Waals surface area (Å²) in [4.78, 5) is 4.57. The predicted octanol–water partition coefficient (Wildman–Crippen LogP) is 3.93. The van der Waals surface area contributed by atoms with Crippen LogP contribution in [0.5, 0.6) is 0 Å². The first-order chi connectivity index (χ1) is 8.58. The Morgan fingerprint density at radius 3 is 2.78 bits per heavy atom. The number of aromatic nitrogens is 2. The van der Waals surface area contributed by atoms with E-state index < -0.39 is 0 Å². The molecule has 0 spiro atoms. The molecule has 18 heavy (non-hydrogen) atoms. The van der Waals surface area contributed by atoms with Crippen LogP contribution < -0.4 is 5.32 Å². The SMILES string of the molecule is Cc1cn(C(C)c2ccsc2)c(NCC(C)C)n1. The van der Waals surface area contributed by atoms with Gasteiger partial charge in [0.2, 0.25) is 5.95 Å². The largest absolute Gasteiger partial charge is 0.355 e. The first-order valence-electron chi connectivity index (χ1n) is 6.39. The maximum Gasteiger partial charge on any atom is 0.203 e. The van der Waals surface area contributed by atoms with E-state index in [1.807, 2.05) is 6.92 Å². The summed E-state index contributed by atoms with van der Waals surface area (Å²) in [5.41, 5.74) is 2.40.